The van der Waals surface area contributed by atoms with Gasteiger partial charge in [-0.3, -0.25) is 14.5 Å². The Hall–Kier alpha value is -1.59. The monoisotopic (exact) mass is 283 g/mol. The van der Waals surface area contributed by atoms with Crippen LogP contribution in [-0.2, 0) is 9.59 Å². The highest BCUT2D eigenvalue weighted by Gasteiger charge is 2.32. The number of piperidine rings is 1. The first-order chi connectivity index (χ1) is 8.99. The molecule has 2 N–H and O–H groups in total. The van der Waals surface area contributed by atoms with E-state index >= 15 is 0 Å². The van der Waals surface area contributed by atoms with Gasteiger partial charge in [-0.25, -0.2) is 0 Å². The van der Waals surface area contributed by atoms with E-state index in [-0.39, 0.29) is 17.1 Å². The molecular formula is C13H14ClNO4. The molecule has 1 aliphatic heterocycles. The first-order valence-corrected chi connectivity index (χ1v) is 6.34. The Kier molecular flexibility index (Phi) is 4.07. The Bertz CT molecular complexity index is 507. The number of aromatic hydroxyl groups is 1. The number of carboxylic acid groups (broad SMARTS) is 1. The number of carbonyl (C=O) groups is 2. The van der Waals surface area contributed by atoms with Crippen molar-refractivity contribution in [3.8, 4) is 5.75 Å². The molecule has 0 saturated carbocycles. The Morgan fingerprint density at radius 1 is 1.32 bits per heavy atom. The first-order valence-electron chi connectivity index (χ1n) is 5.96. The van der Waals surface area contributed by atoms with Crippen LogP contribution in [0.15, 0.2) is 18.2 Å². The molecule has 1 unspecified atom stereocenters. The summed E-state index contributed by atoms with van der Waals surface area (Å²) >= 11 is 5.85. The van der Waals surface area contributed by atoms with E-state index in [1.807, 2.05) is 0 Å². The third kappa shape index (κ3) is 3.05. The van der Waals surface area contributed by atoms with Crippen LogP contribution in [0.4, 0.5) is 0 Å². The molecule has 102 valence electrons. The van der Waals surface area contributed by atoms with Crippen molar-refractivity contribution in [2.75, 3.05) is 13.1 Å². The van der Waals surface area contributed by atoms with Crippen LogP contribution >= 0.6 is 11.6 Å². The van der Waals surface area contributed by atoms with Gasteiger partial charge in [-0.2, -0.15) is 0 Å². The second-order valence-electron chi connectivity index (χ2n) is 4.52. The fourth-order valence-corrected chi connectivity index (χ4v) is 2.44. The number of phenolic OH excluding ortho intramolecular Hbond substituents is 1. The number of hydrogen-bond acceptors (Lipinski definition) is 4. The normalized spacial score (nSPS) is 18.3. The lowest BCUT2D eigenvalue weighted by atomic mass is 10.0. The molecule has 5 nitrogen and oxygen atoms in total. The highest BCUT2D eigenvalue weighted by Crippen LogP contribution is 2.32. The third-order valence-electron chi connectivity index (χ3n) is 3.24. The molecule has 6 heteroatoms. The van der Waals surface area contributed by atoms with E-state index < -0.39 is 12.0 Å². The minimum Gasteiger partial charge on any atom is -0.508 e. The minimum absolute atomic E-state index is 0.103. The van der Waals surface area contributed by atoms with E-state index in [1.54, 1.807) is 4.90 Å². The van der Waals surface area contributed by atoms with Gasteiger partial charge in [0.2, 0.25) is 0 Å². The summed E-state index contributed by atoms with van der Waals surface area (Å²) in [6, 6.07) is 3.35. The lowest BCUT2D eigenvalue weighted by Crippen LogP contribution is -2.40. The standard InChI is InChI=1S/C13H14ClNO4/c14-8-1-2-11(17)10(7-8)12(13(18)19)15-5-3-9(16)4-6-15/h1-2,7,12,17H,3-6H2,(H,18,19). The second kappa shape index (κ2) is 5.59. The molecule has 0 spiro atoms. The van der Waals surface area contributed by atoms with Crippen molar-refractivity contribution in [3.63, 3.8) is 0 Å². The SMILES string of the molecule is O=C1CCN(C(C(=O)O)c2cc(Cl)ccc2O)CC1. The van der Waals surface area contributed by atoms with E-state index in [0.717, 1.165) is 0 Å². The zero-order chi connectivity index (χ0) is 14.0. The number of hydrogen-bond donors (Lipinski definition) is 2. The van der Waals surface area contributed by atoms with Crippen LogP contribution in [0.25, 0.3) is 0 Å². The van der Waals surface area contributed by atoms with Crippen molar-refractivity contribution in [2.24, 2.45) is 0 Å². The molecule has 1 aromatic rings. The molecule has 2 rings (SSSR count). The number of aliphatic carboxylic acids is 1. The van der Waals surface area contributed by atoms with Crippen LogP contribution in [0.3, 0.4) is 0 Å². The summed E-state index contributed by atoms with van der Waals surface area (Å²) in [6.45, 7) is 0.753. The van der Waals surface area contributed by atoms with Gasteiger partial charge < -0.3 is 10.2 Å². The predicted octanol–water partition coefficient (Wildman–Crippen LogP) is 1.84. The summed E-state index contributed by atoms with van der Waals surface area (Å²) in [5.74, 6) is -1.03. The summed E-state index contributed by atoms with van der Waals surface area (Å²) in [4.78, 5) is 24.4. The van der Waals surface area contributed by atoms with Crippen molar-refractivity contribution < 1.29 is 19.8 Å². The van der Waals surface area contributed by atoms with Crippen molar-refractivity contribution >= 4 is 23.4 Å². The predicted molar refractivity (Wildman–Crippen MR) is 69.3 cm³/mol. The molecule has 1 atom stereocenters. The lowest BCUT2D eigenvalue weighted by molar-refractivity contribution is -0.145. The molecule has 1 fully saturated rings. The number of likely N-dealkylation sites (tertiary alicyclic amines) is 1. The largest absolute Gasteiger partial charge is 0.508 e. The van der Waals surface area contributed by atoms with Gasteiger partial charge in [-0.15, -0.1) is 0 Å². The van der Waals surface area contributed by atoms with Crippen LogP contribution < -0.4 is 0 Å². The molecule has 1 heterocycles. The van der Waals surface area contributed by atoms with Crippen molar-refractivity contribution in [1.82, 2.24) is 4.90 Å². The minimum atomic E-state index is -1.06. The van der Waals surface area contributed by atoms with Crippen molar-refractivity contribution in [2.45, 2.75) is 18.9 Å². The Morgan fingerprint density at radius 3 is 2.53 bits per heavy atom. The molecular weight excluding hydrogens is 270 g/mol. The number of Topliss-reactive ketones (excluding diaryl/α,β-unsaturated/α-hetero) is 1. The van der Waals surface area contributed by atoms with Gasteiger partial charge in [0.15, 0.2) is 0 Å². The van der Waals surface area contributed by atoms with Gasteiger partial charge in [0.1, 0.15) is 17.6 Å². The second-order valence-corrected chi connectivity index (χ2v) is 4.95. The quantitative estimate of drug-likeness (QED) is 0.885. The van der Waals surface area contributed by atoms with E-state index in [9.17, 15) is 19.8 Å². The average Bonchev–Trinajstić information content (AvgIpc) is 2.36. The van der Waals surface area contributed by atoms with Crippen molar-refractivity contribution in [1.29, 1.82) is 0 Å². The zero-order valence-electron chi connectivity index (χ0n) is 10.2. The highest BCUT2D eigenvalue weighted by molar-refractivity contribution is 6.30. The number of rotatable bonds is 3. The van der Waals surface area contributed by atoms with Crippen LogP contribution in [0.5, 0.6) is 5.75 Å². The molecule has 1 saturated heterocycles. The van der Waals surface area contributed by atoms with Gasteiger partial charge in [-0.05, 0) is 18.2 Å². The summed E-state index contributed by atoms with van der Waals surface area (Å²) in [7, 11) is 0. The first kappa shape index (κ1) is 13.8. The number of carboxylic acids is 1. The third-order valence-corrected chi connectivity index (χ3v) is 3.47. The van der Waals surface area contributed by atoms with Gasteiger partial charge in [0.05, 0.1) is 0 Å². The van der Waals surface area contributed by atoms with E-state index in [0.29, 0.717) is 31.0 Å². The lowest BCUT2D eigenvalue weighted by Gasteiger charge is -2.31. The number of ketones is 1. The summed E-state index contributed by atoms with van der Waals surface area (Å²) in [6.07, 6.45) is 0.677. The molecule has 1 aromatic carbocycles. The van der Waals surface area contributed by atoms with Gasteiger partial charge in [0.25, 0.3) is 0 Å². The number of halogens is 1. The van der Waals surface area contributed by atoms with Crippen LogP contribution in [-0.4, -0.2) is 40.0 Å². The van der Waals surface area contributed by atoms with Gasteiger partial charge >= 0.3 is 5.97 Å². The summed E-state index contributed by atoms with van der Waals surface area (Å²) < 4.78 is 0. The molecule has 1 aliphatic rings. The Morgan fingerprint density at radius 2 is 1.95 bits per heavy atom. The smallest absolute Gasteiger partial charge is 0.325 e. The molecule has 0 aromatic heterocycles. The number of nitrogens with zero attached hydrogens (tertiary/aromatic N) is 1. The van der Waals surface area contributed by atoms with Crippen LogP contribution in [0.2, 0.25) is 5.02 Å². The maximum absolute atomic E-state index is 11.5. The highest BCUT2D eigenvalue weighted by atomic mass is 35.5. The van der Waals surface area contributed by atoms with Gasteiger partial charge in [-0.1, -0.05) is 11.6 Å². The van der Waals surface area contributed by atoms with E-state index in [2.05, 4.69) is 0 Å². The summed E-state index contributed by atoms with van der Waals surface area (Å²) in [5.41, 5.74) is 0.259. The fraction of sp³-hybridized carbons (Fsp3) is 0.385. The van der Waals surface area contributed by atoms with E-state index in [1.165, 1.54) is 18.2 Å². The Labute approximate surface area is 115 Å². The number of carbonyl (C=O) groups excluding carboxylic acids is 1. The maximum atomic E-state index is 11.5. The van der Waals surface area contributed by atoms with Crippen LogP contribution in [0, 0.1) is 0 Å². The molecule has 19 heavy (non-hydrogen) atoms. The van der Waals surface area contributed by atoms with Crippen molar-refractivity contribution in [3.05, 3.63) is 28.8 Å². The number of phenols is 1. The number of benzene rings is 1. The Balaban J connectivity index is 2.32. The molecule has 0 radical (unpaired) electrons. The van der Waals surface area contributed by atoms with Gasteiger partial charge in [0, 0.05) is 36.5 Å². The average molecular weight is 284 g/mol. The maximum Gasteiger partial charge on any atom is 0.325 e. The summed E-state index contributed by atoms with van der Waals surface area (Å²) in [5, 5.41) is 19.6. The molecule has 0 aliphatic carbocycles. The van der Waals surface area contributed by atoms with E-state index in [4.69, 9.17) is 11.6 Å². The topological polar surface area (TPSA) is 77.8 Å². The zero-order valence-corrected chi connectivity index (χ0v) is 10.9. The molecule has 0 amide bonds. The molecule has 0 bridgehead atoms. The fourth-order valence-electron chi connectivity index (χ4n) is 2.26. The van der Waals surface area contributed by atoms with Crippen LogP contribution in [0.1, 0.15) is 24.4 Å².